The molecule has 150 valence electrons. The molecule has 7 heteroatoms. The highest BCUT2D eigenvalue weighted by molar-refractivity contribution is 5.87. The number of nitrogens with two attached hydrogens (primary N) is 1. The monoisotopic (exact) mass is 383 g/mol. The molecule has 7 nitrogen and oxygen atoms in total. The second-order valence-electron chi connectivity index (χ2n) is 7.45. The molecule has 0 spiro atoms. The lowest BCUT2D eigenvalue weighted by Crippen LogP contribution is -2.47. The third-order valence-corrected chi connectivity index (χ3v) is 5.05. The van der Waals surface area contributed by atoms with Crippen LogP contribution in [0.4, 0.5) is 0 Å². The van der Waals surface area contributed by atoms with E-state index in [9.17, 15) is 9.59 Å². The Hall–Kier alpha value is -2.67. The van der Waals surface area contributed by atoms with Crippen LogP contribution < -0.4 is 16.4 Å². The molecular weight excluding hydrogens is 354 g/mol. The molecule has 0 radical (unpaired) electrons. The first kappa shape index (κ1) is 20.1. The van der Waals surface area contributed by atoms with Gasteiger partial charge in [-0.3, -0.25) is 9.59 Å². The molecule has 0 unspecified atom stereocenters. The zero-order chi connectivity index (χ0) is 19.8. The van der Waals surface area contributed by atoms with E-state index in [0.29, 0.717) is 6.42 Å². The van der Waals surface area contributed by atoms with Gasteiger partial charge in [-0.1, -0.05) is 49.6 Å². The van der Waals surface area contributed by atoms with Crippen LogP contribution >= 0.6 is 0 Å². The van der Waals surface area contributed by atoms with Gasteiger partial charge in [0.1, 0.15) is 0 Å². The third-order valence-electron chi connectivity index (χ3n) is 5.05. The molecule has 2 aromatic rings. The molecule has 1 heterocycles. The molecule has 1 aliphatic rings. The molecule has 1 aliphatic carbocycles. The van der Waals surface area contributed by atoms with E-state index in [1.54, 1.807) is 6.33 Å². The minimum absolute atomic E-state index is 0.0362. The van der Waals surface area contributed by atoms with Crippen molar-refractivity contribution >= 4 is 11.8 Å². The number of hydrogen-bond donors (Lipinski definition) is 3. The van der Waals surface area contributed by atoms with Crippen LogP contribution in [0.5, 0.6) is 0 Å². The van der Waals surface area contributed by atoms with Gasteiger partial charge in [0.15, 0.2) is 0 Å². The molecule has 3 rings (SSSR count). The van der Waals surface area contributed by atoms with Gasteiger partial charge in [0.05, 0.1) is 24.6 Å². The smallest absolute Gasteiger partial charge is 0.239 e. The molecule has 0 aliphatic heterocycles. The molecule has 0 saturated heterocycles. The first-order valence-electron chi connectivity index (χ1n) is 9.97. The number of nitrogens with one attached hydrogen (secondary N) is 2. The van der Waals surface area contributed by atoms with Crippen LogP contribution in [-0.4, -0.2) is 40.0 Å². The third kappa shape index (κ3) is 6.20. The van der Waals surface area contributed by atoms with Gasteiger partial charge < -0.3 is 20.9 Å². The van der Waals surface area contributed by atoms with Crippen LogP contribution in [0.25, 0.3) is 0 Å². The van der Waals surface area contributed by atoms with Crippen molar-refractivity contribution in [3.05, 3.63) is 54.1 Å². The van der Waals surface area contributed by atoms with E-state index in [0.717, 1.165) is 37.9 Å². The molecule has 28 heavy (non-hydrogen) atoms. The Morgan fingerprint density at radius 3 is 2.68 bits per heavy atom. The Morgan fingerprint density at radius 1 is 1.18 bits per heavy atom. The largest absolute Gasteiger partial charge is 0.352 e. The summed E-state index contributed by atoms with van der Waals surface area (Å²) in [6, 6.07) is 9.59. The van der Waals surface area contributed by atoms with Crippen molar-refractivity contribution in [2.45, 2.75) is 57.2 Å². The van der Waals surface area contributed by atoms with Gasteiger partial charge in [-0.2, -0.15) is 0 Å². The molecule has 1 aromatic carbocycles. The summed E-state index contributed by atoms with van der Waals surface area (Å²) < 4.78 is 1.97. The second kappa shape index (κ2) is 10.0. The van der Waals surface area contributed by atoms with E-state index in [1.165, 1.54) is 12.0 Å². The zero-order valence-corrected chi connectivity index (χ0v) is 16.1. The highest BCUT2D eigenvalue weighted by Gasteiger charge is 2.19. The zero-order valence-electron chi connectivity index (χ0n) is 16.1. The minimum Gasteiger partial charge on any atom is -0.352 e. The van der Waals surface area contributed by atoms with Crippen molar-refractivity contribution < 1.29 is 9.59 Å². The fourth-order valence-electron chi connectivity index (χ4n) is 3.53. The number of amides is 2. The van der Waals surface area contributed by atoms with E-state index in [2.05, 4.69) is 27.8 Å². The summed E-state index contributed by atoms with van der Waals surface area (Å²) in [4.78, 5) is 28.5. The number of carbonyl (C=O) groups excluding carboxylic acids is 2. The van der Waals surface area contributed by atoms with E-state index in [4.69, 9.17) is 5.73 Å². The SMILES string of the molecule is N[C@@H](Cc1cn(Cc2ccccc2)cn1)C(=O)NCC(=O)NC1CCCCC1. The normalized spacial score (nSPS) is 15.8. The van der Waals surface area contributed by atoms with Gasteiger partial charge in [-0.15, -0.1) is 0 Å². The van der Waals surface area contributed by atoms with Crippen LogP contribution in [0.1, 0.15) is 43.4 Å². The van der Waals surface area contributed by atoms with Crippen LogP contribution in [0.15, 0.2) is 42.9 Å². The van der Waals surface area contributed by atoms with E-state index in [1.807, 2.05) is 29.0 Å². The Kier molecular flexibility index (Phi) is 7.19. The summed E-state index contributed by atoms with van der Waals surface area (Å²) in [5.74, 6) is -0.490. The van der Waals surface area contributed by atoms with Crippen molar-refractivity contribution in [2.24, 2.45) is 5.73 Å². The summed E-state index contributed by atoms with van der Waals surface area (Å²) in [7, 11) is 0. The van der Waals surface area contributed by atoms with Crippen molar-refractivity contribution in [1.82, 2.24) is 20.2 Å². The number of benzene rings is 1. The van der Waals surface area contributed by atoms with Gasteiger partial charge >= 0.3 is 0 Å². The Balaban J connectivity index is 1.40. The topological polar surface area (TPSA) is 102 Å². The van der Waals surface area contributed by atoms with Crippen molar-refractivity contribution in [3.8, 4) is 0 Å². The fourth-order valence-corrected chi connectivity index (χ4v) is 3.53. The summed E-state index contributed by atoms with van der Waals surface area (Å²) in [6.07, 6.45) is 9.55. The second-order valence-corrected chi connectivity index (χ2v) is 7.45. The van der Waals surface area contributed by atoms with Crippen molar-refractivity contribution in [2.75, 3.05) is 6.54 Å². The number of carbonyl (C=O) groups is 2. The fraction of sp³-hybridized carbons (Fsp3) is 0.476. The number of aromatic nitrogens is 2. The molecular formula is C21H29N5O2. The highest BCUT2D eigenvalue weighted by atomic mass is 16.2. The first-order valence-corrected chi connectivity index (χ1v) is 9.97. The number of rotatable bonds is 8. The lowest BCUT2D eigenvalue weighted by Gasteiger charge is -2.22. The minimum atomic E-state index is -0.734. The van der Waals surface area contributed by atoms with Crippen LogP contribution in [0.3, 0.4) is 0 Å². The van der Waals surface area contributed by atoms with E-state index in [-0.39, 0.29) is 24.4 Å². The maximum absolute atomic E-state index is 12.2. The predicted molar refractivity (Wildman–Crippen MR) is 107 cm³/mol. The van der Waals surface area contributed by atoms with Crippen molar-refractivity contribution in [1.29, 1.82) is 0 Å². The first-order chi connectivity index (χ1) is 13.6. The highest BCUT2D eigenvalue weighted by Crippen LogP contribution is 2.17. The predicted octanol–water partition coefficient (Wildman–Crippen LogP) is 1.37. The summed E-state index contributed by atoms with van der Waals surface area (Å²) in [6.45, 7) is 0.683. The maximum Gasteiger partial charge on any atom is 0.239 e. The number of imidazole rings is 1. The molecule has 4 N–H and O–H groups in total. The molecule has 0 bridgehead atoms. The van der Waals surface area contributed by atoms with Gasteiger partial charge in [-0.25, -0.2) is 4.98 Å². The average Bonchev–Trinajstić information content (AvgIpc) is 3.14. The van der Waals surface area contributed by atoms with Gasteiger partial charge in [0.2, 0.25) is 11.8 Å². The Labute approximate surface area is 165 Å². The summed E-state index contributed by atoms with van der Waals surface area (Å²) >= 11 is 0. The summed E-state index contributed by atoms with van der Waals surface area (Å²) in [5, 5.41) is 5.61. The molecule has 1 fully saturated rings. The molecule has 1 saturated carbocycles. The van der Waals surface area contributed by atoms with Crippen molar-refractivity contribution in [3.63, 3.8) is 0 Å². The summed E-state index contributed by atoms with van der Waals surface area (Å²) in [5.41, 5.74) is 7.92. The van der Waals surface area contributed by atoms with Crippen LogP contribution in [0, 0.1) is 0 Å². The standard InChI is InChI=1S/C21H29N5O2/c22-19(21(28)23-12-20(27)25-17-9-5-2-6-10-17)11-18-14-26(15-24-18)13-16-7-3-1-4-8-16/h1,3-4,7-8,14-15,17,19H,2,5-6,9-13,22H2,(H,23,28)(H,25,27)/t19-/m0/s1. The molecule has 1 atom stereocenters. The van der Waals surface area contributed by atoms with Gasteiger partial charge in [-0.05, 0) is 18.4 Å². The molecule has 1 aromatic heterocycles. The Bertz CT molecular complexity index is 768. The van der Waals surface area contributed by atoms with Crippen LogP contribution in [-0.2, 0) is 22.6 Å². The van der Waals surface area contributed by atoms with Gasteiger partial charge in [0.25, 0.3) is 0 Å². The Morgan fingerprint density at radius 2 is 1.93 bits per heavy atom. The number of nitrogens with zero attached hydrogens (tertiary/aromatic N) is 2. The quantitative estimate of drug-likeness (QED) is 0.641. The van der Waals surface area contributed by atoms with Gasteiger partial charge in [0, 0.05) is 25.2 Å². The average molecular weight is 383 g/mol. The maximum atomic E-state index is 12.2. The lowest BCUT2D eigenvalue weighted by molar-refractivity contribution is -0.127. The molecule has 2 amide bonds. The number of hydrogen-bond acceptors (Lipinski definition) is 4. The lowest BCUT2D eigenvalue weighted by atomic mass is 9.95. The van der Waals surface area contributed by atoms with E-state index >= 15 is 0 Å². The van der Waals surface area contributed by atoms with Crippen LogP contribution in [0.2, 0.25) is 0 Å². The van der Waals surface area contributed by atoms with E-state index < -0.39 is 6.04 Å².